The highest BCUT2D eigenvalue weighted by Crippen LogP contribution is 2.36. The molecular weight excluding hydrogens is 232 g/mol. The Morgan fingerprint density at radius 1 is 1.29 bits per heavy atom. The molecule has 0 spiro atoms. The number of hydrogen-bond acceptors (Lipinski definition) is 4. The number of likely N-dealkylation sites (N-methyl/N-ethyl adjacent to an activating group) is 1. The highest BCUT2D eigenvalue weighted by Gasteiger charge is 2.37. The molecule has 1 aliphatic heterocycles. The molecule has 1 fully saturated rings. The predicted octanol–water partition coefficient (Wildman–Crippen LogP) is 2.25. The van der Waals surface area contributed by atoms with Crippen LogP contribution < -0.4 is 5.32 Å². The monoisotopic (exact) mass is 252 g/mol. The summed E-state index contributed by atoms with van der Waals surface area (Å²) in [5, 5.41) is 4.72. The van der Waals surface area contributed by atoms with Crippen LogP contribution in [0.2, 0.25) is 0 Å². The van der Waals surface area contributed by atoms with Crippen molar-refractivity contribution in [3.8, 4) is 0 Å². The van der Waals surface area contributed by atoms with Gasteiger partial charge >= 0.3 is 0 Å². The van der Waals surface area contributed by atoms with E-state index in [4.69, 9.17) is 9.72 Å². The molecule has 0 bridgehead atoms. The van der Waals surface area contributed by atoms with Crippen molar-refractivity contribution in [1.29, 1.82) is 0 Å². The lowest BCUT2D eigenvalue weighted by atomic mass is 9.93. The second-order valence-electron chi connectivity index (χ2n) is 5.08. The summed E-state index contributed by atoms with van der Waals surface area (Å²) in [6, 6.07) is 0. The van der Waals surface area contributed by atoms with Crippen molar-refractivity contribution in [1.82, 2.24) is 10.3 Å². The summed E-state index contributed by atoms with van der Waals surface area (Å²) < 4.78 is 5.67. The standard InChI is InChI=1S/C13H20N2OS/c1-14-13(7-4-8-16-9-13)12-15-10-5-2-3-6-11(10)17-12/h14H,2-9H2,1H3. The van der Waals surface area contributed by atoms with Gasteiger partial charge in [0, 0.05) is 11.5 Å². The molecule has 0 aromatic carbocycles. The molecular formula is C13H20N2OS. The van der Waals surface area contributed by atoms with E-state index in [1.54, 1.807) is 0 Å². The quantitative estimate of drug-likeness (QED) is 0.876. The van der Waals surface area contributed by atoms with Gasteiger partial charge in [-0.15, -0.1) is 11.3 Å². The minimum absolute atomic E-state index is 0.0136. The first kappa shape index (κ1) is 11.6. The Morgan fingerprint density at radius 3 is 2.88 bits per heavy atom. The number of ether oxygens (including phenoxy) is 1. The van der Waals surface area contributed by atoms with E-state index in [-0.39, 0.29) is 5.54 Å². The lowest BCUT2D eigenvalue weighted by molar-refractivity contribution is 0.0216. The van der Waals surface area contributed by atoms with Crippen LogP contribution in [0, 0.1) is 0 Å². The molecule has 17 heavy (non-hydrogen) atoms. The Labute approximate surface area is 107 Å². The van der Waals surface area contributed by atoms with Gasteiger partial charge < -0.3 is 10.1 Å². The molecule has 1 aromatic rings. The van der Waals surface area contributed by atoms with E-state index in [2.05, 4.69) is 5.32 Å². The van der Waals surface area contributed by atoms with Gasteiger partial charge in [0.05, 0.1) is 17.8 Å². The fraction of sp³-hybridized carbons (Fsp3) is 0.769. The molecule has 94 valence electrons. The number of hydrogen-bond donors (Lipinski definition) is 1. The fourth-order valence-electron chi connectivity index (χ4n) is 2.82. The maximum atomic E-state index is 5.67. The largest absolute Gasteiger partial charge is 0.379 e. The first-order valence-corrected chi connectivity index (χ1v) is 7.41. The fourth-order valence-corrected chi connectivity index (χ4v) is 4.18. The summed E-state index contributed by atoms with van der Waals surface area (Å²) in [4.78, 5) is 6.41. The van der Waals surface area contributed by atoms with Crippen LogP contribution >= 0.6 is 11.3 Å². The minimum atomic E-state index is -0.0136. The number of aromatic nitrogens is 1. The summed E-state index contributed by atoms with van der Waals surface area (Å²) in [7, 11) is 2.04. The molecule has 1 unspecified atom stereocenters. The maximum Gasteiger partial charge on any atom is 0.116 e. The zero-order valence-electron chi connectivity index (χ0n) is 10.4. The Balaban J connectivity index is 1.93. The van der Waals surface area contributed by atoms with Crippen molar-refractivity contribution in [2.45, 2.75) is 44.1 Å². The second kappa shape index (κ2) is 4.67. The number of aryl methyl sites for hydroxylation is 2. The number of nitrogens with zero attached hydrogens (tertiary/aromatic N) is 1. The van der Waals surface area contributed by atoms with Crippen LogP contribution in [0.3, 0.4) is 0 Å². The zero-order chi connectivity index (χ0) is 11.7. The third-order valence-corrected chi connectivity index (χ3v) is 5.34. The lowest BCUT2D eigenvalue weighted by Gasteiger charge is -2.34. The van der Waals surface area contributed by atoms with E-state index >= 15 is 0 Å². The lowest BCUT2D eigenvalue weighted by Crippen LogP contribution is -2.46. The summed E-state index contributed by atoms with van der Waals surface area (Å²) in [6.07, 6.45) is 7.32. The average molecular weight is 252 g/mol. The summed E-state index contributed by atoms with van der Waals surface area (Å²) in [5.41, 5.74) is 1.34. The van der Waals surface area contributed by atoms with Gasteiger partial charge in [0.1, 0.15) is 5.01 Å². The van der Waals surface area contributed by atoms with Gasteiger partial charge in [-0.2, -0.15) is 0 Å². The molecule has 1 aromatic heterocycles. The third kappa shape index (κ3) is 2.02. The Morgan fingerprint density at radius 2 is 2.18 bits per heavy atom. The van der Waals surface area contributed by atoms with Crippen LogP contribution in [-0.4, -0.2) is 25.2 Å². The average Bonchev–Trinajstić information content (AvgIpc) is 2.84. The minimum Gasteiger partial charge on any atom is -0.379 e. The Kier molecular flexibility index (Phi) is 3.19. The first-order valence-electron chi connectivity index (χ1n) is 6.60. The Bertz CT molecular complexity index is 373. The van der Waals surface area contributed by atoms with Gasteiger partial charge in [-0.1, -0.05) is 0 Å². The molecule has 0 amide bonds. The van der Waals surface area contributed by atoms with Gasteiger partial charge in [-0.05, 0) is 45.6 Å². The second-order valence-corrected chi connectivity index (χ2v) is 6.17. The number of rotatable bonds is 2. The molecule has 1 saturated heterocycles. The van der Waals surface area contributed by atoms with E-state index in [1.165, 1.54) is 41.3 Å². The molecule has 3 rings (SSSR count). The third-order valence-electron chi connectivity index (χ3n) is 3.97. The number of nitrogens with one attached hydrogen (secondary N) is 1. The van der Waals surface area contributed by atoms with Crippen LogP contribution in [0.1, 0.15) is 41.3 Å². The molecule has 0 saturated carbocycles. The smallest absolute Gasteiger partial charge is 0.116 e. The zero-order valence-corrected chi connectivity index (χ0v) is 11.2. The number of fused-ring (bicyclic) bond motifs is 1. The summed E-state index contributed by atoms with van der Waals surface area (Å²) >= 11 is 1.91. The van der Waals surface area contributed by atoms with Gasteiger partial charge in [0.15, 0.2) is 0 Å². The van der Waals surface area contributed by atoms with Crippen molar-refractivity contribution in [2.24, 2.45) is 0 Å². The van der Waals surface area contributed by atoms with E-state index in [0.717, 1.165) is 26.1 Å². The summed E-state index contributed by atoms with van der Waals surface area (Å²) in [6.45, 7) is 1.67. The van der Waals surface area contributed by atoms with Crippen molar-refractivity contribution < 1.29 is 4.74 Å². The van der Waals surface area contributed by atoms with E-state index < -0.39 is 0 Å². The van der Waals surface area contributed by atoms with Crippen LogP contribution in [0.4, 0.5) is 0 Å². The first-order chi connectivity index (χ1) is 8.34. The molecule has 1 aliphatic carbocycles. The van der Waals surface area contributed by atoms with E-state index in [9.17, 15) is 0 Å². The molecule has 2 heterocycles. The molecule has 1 N–H and O–H groups in total. The summed E-state index contributed by atoms with van der Waals surface area (Å²) in [5.74, 6) is 0. The predicted molar refractivity (Wildman–Crippen MR) is 69.5 cm³/mol. The maximum absolute atomic E-state index is 5.67. The van der Waals surface area contributed by atoms with Gasteiger partial charge in [0.2, 0.25) is 0 Å². The highest BCUT2D eigenvalue weighted by atomic mass is 32.1. The van der Waals surface area contributed by atoms with Crippen LogP contribution in [0.15, 0.2) is 0 Å². The molecule has 3 nitrogen and oxygen atoms in total. The van der Waals surface area contributed by atoms with Gasteiger partial charge in [0.25, 0.3) is 0 Å². The molecule has 1 atom stereocenters. The topological polar surface area (TPSA) is 34.2 Å². The normalized spacial score (nSPS) is 29.0. The molecule has 4 heteroatoms. The van der Waals surface area contributed by atoms with Crippen molar-refractivity contribution in [3.63, 3.8) is 0 Å². The van der Waals surface area contributed by atoms with Crippen molar-refractivity contribution in [3.05, 3.63) is 15.6 Å². The van der Waals surface area contributed by atoms with E-state index in [1.807, 2.05) is 18.4 Å². The van der Waals surface area contributed by atoms with Crippen LogP contribution in [0.25, 0.3) is 0 Å². The molecule has 2 aliphatic rings. The SMILES string of the molecule is CNC1(c2nc3c(s2)CCCC3)CCCOC1. The van der Waals surface area contributed by atoms with Gasteiger partial charge in [-0.3, -0.25) is 0 Å². The van der Waals surface area contributed by atoms with Crippen molar-refractivity contribution in [2.75, 3.05) is 20.3 Å². The number of thiazole rings is 1. The van der Waals surface area contributed by atoms with Crippen LogP contribution in [0.5, 0.6) is 0 Å². The highest BCUT2D eigenvalue weighted by molar-refractivity contribution is 7.11. The van der Waals surface area contributed by atoms with Crippen LogP contribution in [-0.2, 0) is 23.1 Å². The molecule has 0 radical (unpaired) electrons. The van der Waals surface area contributed by atoms with Crippen molar-refractivity contribution >= 4 is 11.3 Å². The Hall–Kier alpha value is -0.450. The van der Waals surface area contributed by atoms with E-state index in [0.29, 0.717) is 0 Å². The van der Waals surface area contributed by atoms with Gasteiger partial charge in [-0.25, -0.2) is 4.98 Å².